The molecule has 1 atom stereocenters. The van der Waals surface area contributed by atoms with Crippen molar-refractivity contribution in [2.75, 3.05) is 0 Å². The molecule has 0 N–H and O–H groups in total. The molecule has 0 fully saturated rings. The van der Waals surface area contributed by atoms with Crippen LogP contribution in [0.25, 0.3) is 0 Å². The molecule has 4 heteroatoms. The molecule has 0 amide bonds. The van der Waals surface area contributed by atoms with Crippen molar-refractivity contribution in [1.82, 2.24) is 0 Å². The van der Waals surface area contributed by atoms with Crippen LogP contribution in [0.4, 0.5) is 5.69 Å². The van der Waals surface area contributed by atoms with Gasteiger partial charge < -0.3 is 0 Å². The zero-order valence-corrected chi connectivity index (χ0v) is 10.4. The number of benzene rings is 1. The number of hydrogen-bond acceptors (Lipinski definition) is 3. The Kier molecular flexibility index (Phi) is 3.84. The van der Waals surface area contributed by atoms with Crippen LogP contribution in [0.2, 0.25) is 0 Å². The number of rotatable bonds is 4. The van der Waals surface area contributed by atoms with Crippen molar-refractivity contribution >= 4 is 5.69 Å². The third kappa shape index (κ3) is 2.82. The average molecular weight is 232 g/mol. The van der Waals surface area contributed by atoms with Crippen molar-refractivity contribution in [1.29, 1.82) is 5.26 Å². The van der Waals surface area contributed by atoms with E-state index in [-0.39, 0.29) is 10.6 Å². The first-order chi connectivity index (χ1) is 7.93. The lowest BCUT2D eigenvalue weighted by Gasteiger charge is -2.20. The van der Waals surface area contributed by atoms with Crippen LogP contribution in [0, 0.1) is 33.8 Å². The first-order valence-corrected chi connectivity index (χ1v) is 5.57. The lowest BCUT2D eigenvalue weighted by Crippen LogP contribution is -2.16. The lowest BCUT2D eigenvalue weighted by molar-refractivity contribution is -0.385. The number of nitrogens with zero attached hydrogens (tertiary/aromatic N) is 2. The van der Waals surface area contributed by atoms with E-state index in [4.69, 9.17) is 5.26 Å². The normalized spacial score (nSPS) is 13.8. The molecule has 0 saturated heterocycles. The van der Waals surface area contributed by atoms with E-state index in [0.29, 0.717) is 12.0 Å². The van der Waals surface area contributed by atoms with Gasteiger partial charge in [0, 0.05) is 11.6 Å². The summed E-state index contributed by atoms with van der Waals surface area (Å²) in [6.07, 6.45) is 1.28. The van der Waals surface area contributed by atoms with Crippen LogP contribution in [0.15, 0.2) is 18.2 Å². The van der Waals surface area contributed by atoms with Gasteiger partial charge in [0.25, 0.3) is 5.69 Å². The van der Waals surface area contributed by atoms with Crippen molar-refractivity contribution in [3.63, 3.8) is 0 Å². The van der Waals surface area contributed by atoms with Gasteiger partial charge in [-0.25, -0.2) is 0 Å². The molecule has 0 aliphatic carbocycles. The minimum Gasteiger partial charge on any atom is -0.258 e. The number of nitro benzene ring substituents is 1. The third-order valence-electron chi connectivity index (χ3n) is 3.24. The van der Waals surface area contributed by atoms with Gasteiger partial charge in [-0.2, -0.15) is 5.26 Å². The van der Waals surface area contributed by atoms with Crippen LogP contribution >= 0.6 is 0 Å². The Morgan fingerprint density at radius 3 is 2.65 bits per heavy atom. The highest BCUT2D eigenvalue weighted by atomic mass is 16.6. The van der Waals surface area contributed by atoms with E-state index in [9.17, 15) is 10.1 Å². The Morgan fingerprint density at radius 1 is 1.53 bits per heavy atom. The van der Waals surface area contributed by atoms with Gasteiger partial charge in [-0.15, -0.1) is 0 Å². The summed E-state index contributed by atoms with van der Waals surface area (Å²) in [5.41, 5.74) is 1.20. The van der Waals surface area contributed by atoms with E-state index in [0.717, 1.165) is 12.0 Å². The van der Waals surface area contributed by atoms with Crippen molar-refractivity contribution in [3.8, 4) is 6.07 Å². The monoisotopic (exact) mass is 232 g/mol. The summed E-state index contributed by atoms with van der Waals surface area (Å²) in [7, 11) is 0. The molecule has 1 aromatic carbocycles. The van der Waals surface area contributed by atoms with Gasteiger partial charge in [0.05, 0.1) is 16.4 Å². The molecule has 0 radical (unpaired) electrons. The summed E-state index contributed by atoms with van der Waals surface area (Å²) in [6.45, 7) is 5.57. The summed E-state index contributed by atoms with van der Waals surface area (Å²) in [6, 6.07) is 7.31. The quantitative estimate of drug-likeness (QED) is 0.590. The molecule has 1 rings (SSSR count). The Hall–Kier alpha value is -1.89. The fourth-order valence-electron chi connectivity index (χ4n) is 1.72. The number of hydrogen-bond donors (Lipinski definition) is 0. The molecule has 0 spiro atoms. The summed E-state index contributed by atoms with van der Waals surface area (Å²) in [5, 5.41) is 20.0. The second-order valence-electron chi connectivity index (χ2n) is 4.52. The predicted octanol–water partition coefficient (Wildman–Crippen LogP) is 3.39. The van der Waals surface area contributed by atoms with Gasteiger partial charge in [-0.05, 0) is 32.3 Å². The minimum absolute atomic E-state index is 0.124. The Labute approximate surface area is 101 Å². The average Bonchev–Trinajstić information content (AvgIpc) is 2.31. The molecule has 1 unspecified atom stereocenters. The molecule has 0 heterocycles. The Balaban J connectivity index is 3.13. The molecule has 0 aliphatic rings. The van der Waals surface area contributed by atoms with E-state index in [1.165, 1.54) is 6.07 Å². The topological polar surface area (TPSA) is 66.9 Å². The smallest absolute Gasteiger partial charge is 0.258 e. The fourth-order valence-corrected chi connectivity index (χ4v) is 1.72. The predicted molar refractivity (Wildman–Crippen MR) is 65.5 cm³/mol. The van der Waals surface area contributed by atoms with Gasteiger partial charge in [-0.1, -0.05) is 19.1 Å². The highest BCUT2D eigenvalue weighted by Gasteiger charge is 2.24. The molecule has 0 aliphatic heterocycles. The second-order valence-corrected chi connectivity index (χ2v) is 4.52. The van der Waals surface area contributed by atoms with Crippen molar-refractivity contribution in [2.45, 2.75) is 33.6 Å². The van der Waals surface area contributed by atoms with Crippen molar-refractivity contribution in [3.05, 3.63) is 39.4 Å². The summed E-state index contributed by atoms with van der Waals surface area (Å²) < 4.78 is 0. The molecular weight excluding hydrogens is 216 g/mol. The lowest BCUT2D eigenvalue weighted by atomic mass is 9.81. The second kappa shape index (κ2) is 4.96. The molecule has 0 bridgehead atoms. The maximum absolute atomic E-state index is 10.8. The van der Waals surface area contributed by atoms with E-state index in [1.54, 1.807) is 13.0 Å². The molecular formula is C13H16N2O2. The molecule has 0 saturated carbocycles. The molecule has 17 heavy (non-hydrogen) atoms. The zero-order valence-electron chi connectivity index (χ0n) is 10.4. The van der Waals surface area contributed by atoms with E-state index >= 15 is 0 Å². The Bertz CT molecular complexity index is 477. The van der Waals surface area contributed by atoms with Crippen molar-refractivity contribution < 1.29 is 4.92 Å². The van der Waals surface area contributed by atoms with E-state index < -0.39 is 5.41 Å². The Morgan fingerprint density at radius 2 is 2.18 bits per heavy atom. The number of nitriles is 1. The summed E-state index contributed by atoms with van der Waals surface area (Å²) in [5.74, 6) is 0. The van der Waals surface area contributed by atoms with E-state index in [2.05, 4.69) is 6.07 Å². The van der Waals surface area contributed by atoms with Crippen LogP contribution in [0.1, 0.15) is 31.4 Å². The standard InChI is InChI=1S/C13H16N2O2/c1-4-13(3,9-14)8-11-6-5-7-12(10(11)2)15(16)17/h5-7H,4,8H2,1-3H3. The highest BCUT2D eigenvalue weighted by Crippen LogP contribution is 2.30. The largest absolute Gasteiger partial charge is 0.272 e. The summed E-state index contributed by atoms with van der Waals surface area (Å²) >= 11 is 0. The first-order valence-electron chi connectivity index (χ1n) is 5.57. The molecule has 90 valence electrons. The minimum atomic E-state index is -0.458. The highest BCUT2D eigenvalue weighted by molar-refractivity contribution is 5.45. The SMILES string of the molecule is CCC(C)(C#N)Cc1cccc([N+](=O)[O-])c1C. The molecule has 0 aromatic heterocycles. The first kappa shape index (κ1) is 13.2. The van der Waals surface area contributed by atoms with Crippen LogP contribution in [-0.2, 0) is 6.42 Å². The van der Waals surface area contributed by atoms with Crippen LogP contribution < -0.4 is 0 Å². The number of nitro groups is 1. The zero-order chi connectivity index (χ0) is 13.1. The van der Waals surface area contributed by atoms with Crippen LogP contribution in [0.3, 0.4) is 0 Å². The maximum Gasteiger partial charge on any atom is 0.272 e. The maximum atomic E-state index is 10.8. The van der Waals surface area contributed by atoms with Gasteiger partial charge >= 0.3 is 0 Å². The van der Waals surface area contributed by atoms with Crippen LogP contribution in [-0.4, -0.2) is 4.92 Å². The van der Waals surface area contributed by atoms with Crippen LogP contribution in [0.5, 0.6) is 0 Å². The third-order valence-corrected chi connectivity index (χ3v) is 3.24. The van der Waals surface area contributed by atoms with Gasteiger partial charge in [0.2, 0.25) is 0 Å². The van der Waals surface area contributed by atoms with E-state index in [1.807, 2.05) is 19.9 Å². The van der Waals surface area contributed by atoms with Gasteiger partial charge in [0.15, 0.2) is 0 Å². The van der Waals surface area contributed by atoms with Gasteiger partial charge in [-0.3, -0.25) is 10.1 Å². The van der Waals surface area contributed by atoms with Crippen molar-refractivity contribution in [2.24, 2.45) is 5.41 Å². The fraction of sp³-hybridized carbons (Fsp3) is 0.462. The molecule has 4 nitrogen and oxygen atoms in total. The molecule has 1 aromatic rings. The van der Waals surface area contributed by atoms with Gasteiger partial charge in [0.1, 0.15) is 0 Å². The summed E-state index contributed by atoms with van der Waals surface area (Å²) in [4.78, 5) is 10.4.